The molecule has 0 aliphatic carbocycles. The monoisotopic (exact) mass is 318 g/mol. The van der Waals surface area contributed by atoms with Crippen molar-refractivity contribution >= 4 is 28.9 Å². The number of aliphatic hydroxyl groups is 1. The Morgan fingerprint density at radius 1 is 1.23 bits per heavy atom. The van der Waals surface area contributed by atoms with Gasteiger partial charge in [0.15, 0.2) is 5.17 Å². The second kappa shape index (κ2) is 7.04. The Labute approximate surface area is 133 Å². The summed E-state index contributed by atoms with van der Waals surface area (Å²) in [5.74, 6) is -0.172. The first-order chi connectivity index (χ1) is 10.8. The average Bonchev–Trinajstić information content (AvgIpc) is 2.90. The Hall–Kier alpha value is -1.70. The van der Waals surface area contributed by atoms with Crippen molar-refractivity contribution in [2.75, 3.05) is 39.3 Å². The van der Waals surface area contributed by atoms with E-state index in [0.717, 1.165) is 36.9 Å². The van der Waals surface area contributed by atoms with Gasteiger partial charge in [0.1, 0.15) is 0 Å². The summed E-state index contributed by atoms with van der Waals surface area (Å²) in [7, 11) is 0. The fourth-order valence-corrected chi connectivity index (χ4v) is 3.41. The smallest absolute Gasteiger partial charge is 0.286 e. The summed E-state index contributed by atoms with van der Waals surface area (Å²) in [6, 6.07) is 3.74. The van der Waals surface area contributed by atoms with Crippen LogP contribution in [0.25, 0.3) is 6.08 Å². The van der Waals surface area contributed by atoms with Gasteiger partial charge < -0.3 is 10.0 Å². The first-order valence-electron chi connectivity index (χ1n) is 7.27. The SMILES string of the molecule is O=C1N=C(N2CCN(CCO)CC2)S/C1=C\c1ccncc1. The molecule has 7 heteroatoms. The number of amidine groups is 1. The second-order valence-corrected chi connectivity index (χ2v) is 6.15. The van der Waals surface area contributed by atoms with E-state index in [1.165, 1.54) is 11.8 Å². The first-order valence-corrected chi connectivity index (χ1v) is 8.08. The van der Waals surface area contributed by atoms with E-state index in [2.05, 4.69) is 19.8 Å². The number of amides is 1. The number of rotatable bonds is 3. The highest BCUT2D eigenvalue weighted by atomic mass is 32.2. The van der Waals surface area contributed by atoms with Crippen LogP contribution in [-0.4, -0.2) is 70.3 Å². The molecule has 1 fully saturated rings. The van der Waals surface area contributed by atoms with Crippen molar-refractivity contribution < 1.29 is 9.90 Å². The summed E-state index contributed by atoms with van der Waals surface area (Å²) in [6.45, 7) is 4.34. The van der Waals surface area contributed by atoms with Gasteiger partial charge in [-0.2, -0.15) is 4.99 Å². The molecule has 2 aliphatic rings. The number of carbonyl (C=O) groups excluding carboxylic acids is 1. The topological polar surface area (TPSA) is 69.0 Å². The summed E-state index contributed by atoms with van der Waals surface area (Å²) in [5.41, 5.74) is 0.954. The molecule has 3 heterocycles. The van der Waals surface area contributed by atoms with Gasteiger partial charge in [0.2, 0.25) is 0 Å². The lowest BCUT2D eigenvalue weighted by atomic mass is 10.2. The summed E-state index contributed by atoms with van der Waals surface area (Å²) < 4.78 is 0. The minimum atomic E-state index is -0.172. The van der Waals surface area contributed by atoms with Crippen LogP contribution in [-0.2, 0) is 4.79 Å². The van der Waals surface area contributed by atoms with Crippen LogP contribution < -0.4 is 0 Å². The molecule has 0 bridgehead atoms. The zero-order valence-electron chi connectivity index (χ0n) is 12.2. The van der Waals surface area contributed by atoms with E-state index >= 15 is 0 Å². The standard InChI is InChI=1S/C15H18N4O2S/c20-10-9-18-5-7-19(8-6-18)15-17-14(21)13(22-15)11-12-1-3-16-4-2-12/h1-4,11,20H,5-10H2/b13-11-. The number of hydrogen-bond donors (Lipinski definition) is 1. The predicted octanol–water partition coefficient (Wildman–Crippen LogP) is 0.662. The molecule has 1 saturated heterocycles. The molecule has 0 unspecified atom stereocenters. The largest absolute Gasteiger partial charge is 0.395 e. The van der Waals surface area contributed by atoms with E-state index in [1.54, 1.807) is 12.4 Å². The Morgan fingerprint density at radius 3 is 2.64 bits per heavy atom. The Morgan fingerprint density at radius 2 is 1.95 bits per heavy atom. The first kappa shape index (κ1) is 15.2. The quantitative estimate of drug-likeness (QED) is 0.826. The van der Waals surface area contributed by atoms with Gasteiger partial charge in [0, 0.05) is 45.1 Å². The molecule has 1 amide bonds. The third-order valence-corrected chi connectivity index (χ3v) is 4.72. The van der Waals surface area contributed by atoms with E-state index in [1.807, 2.05) is 18.2 Å². The van der Waals surface area contributed by atoms with Gasteiger partial charge in [-0.05, 0) is 35.5 Å². The fourth-order valence-electron chi connectivity index (χ4n) is 2.45. The van der Waals surface area contributed by atoms with Crippen molar-refractivity contribution in [1.82, 2.24) is 14.8 Å². The molecule has 0 spiro atoms. The highest BCUT2D eigenvalue weighted by Gasteiger charge is 2.28. The average molecular weight is 318 g/mol. The van der Waals surface area contributed by atoms with Crippen LogP contribution in [0.4, 0.5) is 0 Å². The number of carbonyl (C=O) groups is 1. The summed E-state index contributed by atoms with van der Waals surface area (Å²) in [6.07, 6.45) is 5.27. The fraction of sp³-hybridized carbons (Fsp3) is 0.400. The maximum atomic E-state index is 12.0. The molecular weight excluding hydrogens is 300 g/mol. The summed E-state index contributed by atoms with van der Waals surface area (Å²) >= 11 is 1.43. The van der Waals surface area contributed by atoms with Crippen molar-refractivity contribution in [1.29, 1.82) is 0 Å². The lowest BCUT2D eigenvalue weighted by Crippen LogP contribution is -2.48. The van der Waals surface area contributed by atoms with Crippen LogP contribution in [0, 0.1) is 0 Å². The minimum absolute atomic E-state index is 0.172. The van der Waals surface area contributed by atoms with E-state index in [4.69, 9.17) is 5.11 Å². The number of hydrogen-bond acceptors (Lipinski definition) is 6. The normalized spacial score (nSPS) is 21.5. The van der Waals surface area contributed by atoms with E-state index in [-0.39, 0.29) is 12.5 Å². The lowest BCUT2D eigenvalue weighted by molar-refractivity contribution is -0.113. The lowest BCUT2D eigenvalue weighted by Gasteiger charge is -2.34. The van der Waals surface area contributed by atoms with Crippen LogP contribution in [0.15, 0.2) is 34.4 Å². The van der Waals surface area contributed by atoms with E-state index in [0.29, 0.717) is 11.4 Å². The number of aliphatic imine (C=N–C) groups is 1. The van der Waals surface area contributed by atoms with Crippen LogP contribution in [0.2, 0.25) is 0 Å². The van der Waals surface area contributed by atoms with Gasteiger partial charge in [-0.15, -0.1) is 0 Å². The zero-order valence-corrected chi connectivity index (χ0v) is 13.0. The number of piperazine rings is 1. The van der Waals surface area contributed by atoms with Gasteiger partial charge in [0.05, 0.1) is 11.5 Å². The van der Waals surface area contributed by atoms with Crippen molar-refractivity contribution in [2.45, 2.75) is 0 Å². The number of thioether (sulfide) groups is 1. The van der Waals surface area contributed by atoms with Crippen molar-refractivity contribution in [3.8, 4) is 0 Å². The molecule has 0 atom stereocenters. The Balaban J connectivity index is 1.62. The molecule has 1 aromatic rings. The molecule has 0 saturated carbocycles. The summed E-state index contributed by atoms with van der Waals surface area (Å²) in [5, 5.41) is 9.75. The van der Waals surface area contributed by atoms with Gasteiger partial charge in [-0.3, -0.25) is 14.7 Å². The third-order valence-electron chi connectivity index (χ3n) is 3.67. The summed E-state index contributed by atoms with van der Waals surface area (Å²) in [4.78, 5) is 25.2. The van der Waals surface area contributed by atoms with Crippen LogP contribution >= 0.6 is 11.8 Å². The molecule has 2 aliphatic heterocycles. The number of aliphatic hydroxyl groups excluding tert-OH is 1. The van der Waals surface area contributed by atoms with Crippen LogP contribution in [0.5, 0.6) is 0 Å². The van der Waals surface area contributed by atoms with E-state index in [9.17, 15) is 4.79 Å². The number of β-amino-alcohol motifs (C(OH)–C–C–N with tert-alkyl or cyclic N) is 1. The zero-order chi connectivity index (χ0) is 15.4. The minimum Gasteiger partial charge on any atom is -0.395 e. The van der Waals surface area contributed by atoms with Crippen molar-refractivity contribution in [3.63, 3.8) is 0 Å². The molecule has 1 aromatic heterocycles. The van der Waals surface area contributed by atoms with Crippen LogP contribution in [0.3, 0.4) is 0 Å². The maximum absolute atomic E-state index is 12.0. The molecule has 22 heavy (non-hydrogen) atoms. The molecular formula is C15H18N4O2S. The third kappa shape index (κ3) is 3.55. The predicted molar refractivity (Wildman–Crippen MR) is 87.3 cm³/mol. The number of nitrogens with zero attached hydrogens (tertiary/aromatic N) is 4. The maximum Gasteiger partial charge on any atom is 0.286 e. The van der Waals surface area contributed by atoms with Crippen molar-refractivity contribution in [3.05, 3.63) is 35.0 Å². The molecule has 1 N–H and O–H groups in total. The van der Waals surface area contributed by atoms with Crippen molar-refractivity contribution in [2.24, 2.45) is 4.99 Å². The number of pyridine rings is 1. The molecule has 116 valence electrons. The highest BCUT2D eigenvalue weighted by molar-refractivity contribution is 8.18. The van der Waals surface area contributed by atoms with Crippen LogP contribution in [0.1, 0.15) is 5.56 Å². The molecule has 0 radical (unpaired) electrons. The van der Waals surface area contributed by atoms with Gasteiger partial charge >= 0.3 is 0 Å². The van der Waals surface area contributed by atoms with E-state index < -0.39 is 0 Å². The van der Waals surface area contributed by atoms with Gasteiger partial charge in [-0.25, -0.2) is 0 Å². The highest BCUT2D eigenvalue weighted by Crippen LogP contribution is 2.30. The Kier molecular flexibility index (Phi) is 4.87. The molecule has 0 aromatic carbocycles. The molecule has 3 rings (SSSR count). The van der Waals surface area contributed by atoms with Gasteiger partial charge in [0.25, 0.3) is 5.91 Å². The van der Waals surface area contributed by atoms with Gasteiger partial charge in [-0.1, -0.05) is 0 Å². The number of aromatic nitrogens is 1. The molecule has 6 nitrogen and oxygen atoms in total. The Bertz CT molecular complexity index is 595. The second-order valence-electron chi connectivity index (χ2n) is 5.14.